The van der Waals surface area contributed by atoms with E-state index in [2.05, 4.69) is 10.3 Å². The molecule has 0 bridgehead atoms. The zero-order chi connectivity index (χ0) is 9.52. The van der Waals surface area contributed by atoms with Gasteiger partial charge in [-0.1, -0.05) is 5.21 Å². The number of hydrogen-bond acceptors (Lipinski definition) is 4. The predicted octanol–water partition coefficient (Wildman–Crippen LogP) is -0.184. The van der Waals surface area contributed by atoms with Crippen LogP contribution < -0.4 is 5.73 Å². The van der Waals surface area contributed by atoms with Crippen LogP contribution in [0.15, 0.2) is 6.20 Å². The number of nitrogens with two attached hydrogens (primary N) is 1. The van der Waals surface area contributed by atoms with Gasteiger partial charge in [-0.15, -0.1) is 5.10 Å². The van der Waals surface area contributed by atoms with Crippen LogP contribution in [-0.2, 0) is 17.7 Å². The summed E-state index contributed by atoms with van der Waals surface area (Å²) in [5.41, 5.74) is 6.33. The minimum atomic E-state index is 0.615. The zero-order valence-corrected chi connectivity index (χ0v) is 7.94. The molecule has 0 saturated carbocycles. The fourth-order valence-electron chi connectivity index (χ4n) is 1.01. The second-order valence-electron chi connectivity index (χ2n) is 2.71. The quantitative estimate of drug-likeness (QED) is 0.623. The summed E-state index contributed by atoms with van der Waals surface area (Å²) in [4.78, 5) is 0. The van der Waals surface area contributed by atoms with Crippen LogP contribution in [0.5, 0.6) is 0 Å². The smallest absolute Gasteiger partial charge is 0.0839 e. The average molecular weight is 184 g/mol. The van der Waals surface area contributed by atoms with Crippen LogP contribution in [0.3, 0.4) is 0 Å². The second kappa shape index (κ2) is 5.66. The third-order valence-corrected chi connectivity index (χ3v) is 1.66. The summed E-state index contributed by atoms with van der Waals surface area (Å²) in [6.45, 7) is 4.77. The highest BCUT2D eigenvalue weighted by molar-refractivity contribution is 4.92. The molecule has 1 aromatic heterocycles. The summed E-state index contributed by atoms with van der Waals surface area (Å²) in [5.74, 6) is 0. The first kappa shape index (κ1) is 10.1. The van der Waals surface area contributed by atoms with Crippen LogP contribution in [0.2, 0.25) is 0 Å². The lowest BCUT2D eigenvalue weighted by Crippen LogP contribution is -2.06. The predicted molar refractivity (Wildman–Crippen MR) is 49.3 cm³/mol. The van der Waals surface area contributed by atoms with Crippen LogP contribution in [0.4, 0.5) is 0 Å². The molecule has 1 aromatic rings. The maximum atomic E-state index is 5.39. The minimum Gasteiger partial charge on any atom is -0.380 e. The normalized spacial score (nSPS) is 10.6. The van der Waals surface area contributed by atoms with E-state index in [-0.39, 0.29) is 0 Å². The summed E-state index contributed by atoms with van der Waals surface area (Å²) in [7, 11) is 0. The summed E-state index contributed by atoms with van der Waals surface area (Å²) in [6, 6.07) is 0. The van der Waals surface area contributed by atoms with E-state index in [0.717, 1.165) is 25.3 Å². The Bertz CT molecular complexity index is 236. The van der Waals surface area contributed by atoms with E-state index in [1.165, 1.54) is 0 Å². The van der Waals surface area contributed by atoms with Gasteiger partial charge >= 0.3 is 0 Å². The molecule has 0 aliphatic carbocycles. The first-order valence-corrected chi connectivity index (χ1v) is 4.53. The highest BCUT2D eigenvalue weighted by Crippen LogP contribution is 1.93. The van der Waals surface area contributed by atoms with E-state index in [1.807, 2.05) is 13.1 Å². The SMILES string of the molecule is CCOCCn1cc(CCN)nn1. The molecule has 0 radical (unpaired) electrons. The van der Waals surface area contributed by atoms with Crippen molar-refractivity contribution >= 4 is 0 Å². The lowest BCUT2D eigenvalue weighted by Gasteiger charge is -1.99. The van der Waals surface area contributed by atoms with Gasteiger partial charge in [0.25, 0.3) is 0 Å². The molecule has 0 aliphatic heterocycles. The minimum absolute atomic E-state index is 0.615. The fourth-order valence-corrected chi connectivity index (χ4v) is 1.01. The van der Waals surface area contributed by atoms with Gasteiger partial charge in [0.1, 0.15) is 0 Å². The Morgan fingerprint density at radius 2 is 2.46 bits per heavy atom. The Labute approximate surface area is 77.9 Å². The van der Waals surface area contributed by atoms with Gasteiger partial charge in [-0.25, -0.2) is 4.68 Å². The van der Waals surface area contributed by atoms with Gasteiger partial charge in [0.15, 0.2) is 0 Å². The average Bonchev–Trinajstić information content (AvgIpc) is 2.54. The van der Waals surface area contributed by atoms with E-state index < -0.39 is 0 Å². The van der Waals surface area contributed by atoms with E-state index >= 15 is 0 Å². The largest absolute Gasteiger partial charge is 0.380 e. The standard InChI is InChI=1S/C8H16N4O/c1-2-13-6-5-12-7-8(3-4-9)10-11-12/h7H,2-6,9H2,1H3. The number of rotatable bonds is 6. The van der Waals surface area contributed by atoms with Crippen LogP contribution in [0, 0.1) is 0 Å². The van der Waals surface area contributed by atoms with Gasteiger partial charge in [-0.05, 0) is 13.5 Å². The van der Waals surface area contributed by atoms with Crippen molar-refractivity contribution in [1.29, 1.82) is 0 Å². The van der Waals surface area contributed by atoms with Crippen molar-refractivity contribution in [2.45, 2.75) is 19.9 Å². The molecule has 74 valence electrons. The molecule has 0 fully saturated rings. The van der Waals surface area contributed by atoms with Gasteiger partial charge < -0.3 is 10.5 Å². The number of hydrogen-bond donors (Lipinski definition) is 1. The van der Waals surface area contributed by atoms with Crippen molar-refractivity contribution in [2.75, 3.05) is 19.8 Å². The number of nitrogens with zero attached hydrogens (tertiary/aromatic N) is 3. The second-order valence-corrected chi connectivity index (χ2v) is 2.71. The molecule has 1 heterocycles. The molecular weight excluding hydrogens is 168 g/mol. The van der Waals surface area contributed by atoms with Crippen LogP contribution in [-0.4, -0.2) is 34.8 Å². The molecular formula is C8H16N4O. The summed E-state index contributed by atoms with van der Waals surface area (Å²) >= 11 is 0. The first-order valence-electron chi connectivity index (χ1n) is 4.53. The molecule has 0 saturated heterocycles. The van der Waals surface area contributed by atoms with Gasteiger partial charge in [0.2, 0.25) is 0 Å². The highest BCUT2D eigenvalue weighted by atomic mass is 16.5. The molecule has 0 aromatic carbocycles. The van der Waals surface area contributed by atoms with Gasteiger partial charge in [0, 0.05) is 19.2 Å². The van der Waals surface area contributed by atoms with Crippen molar-refractivity contribution in [3.8, 4) is 0 Å². The molecule has 13 heavy (non-hydrogen) atoms. The van der Waals surface area contributed by atoms with Gasteiger partial charge in [0.05, 0.1) is 18.8 Å². The lowest BCUT2D eigenvalue weighted by atomic mass is 10.3. The topological polar surface area (TPSA) is 66.0 Å². The zero-order valence-electron chi connectivity index (χ0n) is 7.94. The molecule has 5 nitrogen and oxygen atoms in total. The Morgan fingerprint density at radius 3 is 3.15 bits per heavy atom. The molecule has 2 N–H and O–H groups in total. The number of ether oxygens (including phenoxy) is 1. The first-order chi connectivity index (χ1) is 6.36. The third kappa shape index (κ3) is 3.52. The van der Waals surface area contributed by atoms with Gasteiger partial charge in [-0.3, -0.25) is 0 Å². The van der Waals surface area contributed by atoms with Crippen molar-refractivity contribution in [1.82, 2.24) is 15.0 Å². The van der Waals surface area contributed by atoms with Crippen molar-refractivity contribution in [2.24, 2.45) is 5.73 Å². The third-order valence-electron chi connectivity index (χ3n) is 1.66. The van der Waals surface area contributed by atoms with Crippen molar-refractivity contribution in [3.05, 3.63) is 11.9 Å². The molecule has 0 amide bonds. The molecule has 0 unspecified atom stereocenters. The Hall–Kier alpha value is -0.940. The monoisotopic (exact) mass is 184 g/mol. The van der Waals surface area contributed by atoms with E-state index in [9.17, 15) is 0 Å². The van der Waals surface area contributed by atoms with Gasteiger partial charge in [-0.2, -0.15) is 0 Å². The molecule has 0 aliphatic rings. The van der Waals surface area contributed by atoms with Crippen molar-refractivity contribution < 1.29 is 4.74 Å². The highest BCUT2D eigenvalue weighted by Gasteiger charge is 1.98. The number of aromatic nitrogens is 3. The van der Waals surface area contributed by atoms with Crippen molar-refractivity contribution in [3.63, 3.8) is 0 Å². The van der Waals surface area contributed by atoms with E-state index in [1.54, 1.807) is 4.68 Å². The summed E-state index contributed by atoms with van der Waals surface area (Å²) in [5, 5.41) is 7.90. The molecule has 0 atom stereocenters. The maximum Gasteiger partial charge on any atom is 0.0839 e. The Kier molecular flexibility index (Phi) is 4.42. The summed E-state index contributed by atoms with van der Waals surface area (Å²) in [6.07, 6.45) is 2.69. The van der Waals surface area contributed by atoms with E-state index in [0.29, 0.717) is 13.2 Å². The Balaban J connectivity index is 2.31. The molecule has 5 heteroatoms. The summed E-state index contributed by atoms with van der Waals surface area (Å²) < 4.78 is 6.97. The lowest BCUT2D eigenvalue weighted by molar-refractivity contribution is 0.136. The molecule has 1 rings (SSSR count). The Morgan fingerprint density at radius 1 is 1.62 bits per heavy atom. The fraction of sp³-hybridized carbons (Fsp3) is 0.750. The van der Waals surface area contributed by atoms with E-state index in [4.69, 9.17) is 10.5 Å². The van der Waals surface area contributed by atoms with Crippen LogP contribution >= 0.6 is 0 Å². The molecule has 0 spiro atoms. The van der Waals surface area contributed by atoms with Crippen LogP contribution in [0.25, 0.3) is 0 Å². The van der Waals surface area contributed by atoms with Crippen LogP contribution in [0.1, 0.15) is 12.6 Å². The maximum absolute atomic E-state index is 5.39.